The van der Waals surface area contributed by atoms with Crippen molar-refractivity contribution in [2.45, 2.75) is 18.4 Å². The zero-order valence-corrected chi connectivity index (χ0v) is 8.14. The van der Waals surface area contributed by atoms with E-state index in [1.54, 1.807) is 13.2 Å². The van der Waals surface area contributed by atoms with Crippen molar-refractivity contribution in [3.8, 4) is 5.75 Å². The van der Waals surface area contributed by atoms with Crippen molar-refractivity contribution in [1.29, 1.82) is 0 Å². The molecule has 0 radical (unpaired) electrons. The first kappa shape index (κ1) is 8.85. The Morgan fingerprint density at radius 1 is 1.46 bits per heavy atom. The number of rotatable bonds is 2. The fraction of sp³-hybridized carbons (Fsp3) is 0.400. The van der Waals surface area contributed by atoms with E-state index in [-0.39, 0.29) is 0 Å². The number of hydrogen-bond acceptors (Lipinski definition) is 2. The summed E-state index contributed by atoms with van der Waals surface area (Å²) in [4.78, 5) is 0. The van der Waals surface area contributed by atoms with Crippen LogP contribution in [-0.4, -0.2) is 12.2 Å². The van der Waals surface area contributed by atoms with Gasteiger partial charge < -0.3 is 9.84 Å². The predicted octanol–water partition coefficient (Wildman–Crippen LogP) is 2.33. The minimum absolute atomic E-state index is 0.583. The molecule has 1 aromatic rings. The number of ether oxygens (including phenoxy) is 1. The van der Waals surface area contributed by atoms with Crippen LogP contribution in [0.5, 0.6) is 5.75 Å². The van der Waals surface area contributed by atoms with E-state index in [2.05, 4.69) is 0 Å². The van der Waals surface area contributed by atoms with E-state index in [0.717, 1.165) is 24.2 Å². The summed E-state index contributed by atoms with van der Waals surface area (Å²) in [5.41, 5.74) is 0.151. The Kier molecular flexibility index (Phi) is 1.97. The Bertz CT molecular complexity index is 332. The van der Waals surface area contributed by atoms with Gasteiger partial charge >= 0.3 is 0 Å². The molecule has 0 saturated heterocycles. The molecule has 1 N–H and O–H groups in total. The van der Waals surface area contributed by atoms with Crippen LogP contribution < -0.4 is 4.74 Å². The number of aliphatic hydroxyl groups is 1. The van der Waals surface area contributed by atoms with Gasteiger partial charge in [0.05, 0.1) is 17.7 Å². The van der Waals surface area contributed by atoms with Gasteiger partial charge in [-0.2, -0.15) is 0 Å². The first-order valence-corrected chi connectivity index (χ1v) is 4.60. The van der Waals surface area contributed by atoms with Crippen LogP contribution >= 0.6 is 11.6 Å². The molecular weight excluding hydrogens is 188 g/mol. The van der Waals surface area contributed by atoms with Gasteiger partial charge in [-0.3, -0.25) is 0 Å². The topological polar surface area (TPSA) is 29.5 Å². The van der Waals surface area contributed by atoms with Crippen molar-refractivity contribution in [2.24, 2.45) is 0 Å². The van der Waals surface area contributed by atoms with Gasteiger partial charge in [0, 0.05) is 5.56 Å². The Morgan fingerprint density at radius 2 is 2.15 bits per heavy atom. The van der Waals surface area contributed by atoms with Crippen molar-refractivity contribution in [3.63, 3.8) is 0 Å². The molecule has 1 fully saturated rings. The lowest BCUT2D eigenvalue weighted by Crippen LogP contribution is -2.04. The van der Waals surface area contributed by atoms with Crippen LogP contribution in [0.1, 0.15) is 18.4 Å². The van der Waals surface area contributed by atoms with E-state index in [1.165, 1.54) is 0 Å². The lowest BCUT2D eigenvalue weighted by molar-refractivity contribution is 0.151. The summed E-state index contributed by atoms with van der Waals surface area (Å²) in [6.45, 7) is 0. The molecule has 1 aliphatic carbocycles. The highest BCUT2D eigenvalue weighted by Gasteiger charge is 2.43. The summed E-state index contributed by atoms with van der Waals surface area (Å²) >= 11 is 5.99. The zero-order valence-electron chi connectivity index (χ0n) is 7.38. The molecule has 0 heterocycles. The lowest BCUT2D eigenvalue weighted by atomic mass is 10.1. The van der Waals surface area contributed by atoms with Gasteiger partial charge in [-0.15, -0.1) is 0 Å². The van der Waals surface area contributed by atoms with Crippen LogP contribution in [0.3, 0.4) is 0 Å². The Labute approximate surface area is 82.1 Å². The summed E-state index contributed by atoms with van der Waals surface area (Å²) < 4.78 is 5.02. The second kappa shape index (κ2) is 2.89. The minimum Gasteiger partial charge on any atom is -0.497 e. The number of hydrogen-bond donors (Lipinski definition) is 1. The molecule has 1 saturated carbocycles. The third kappa shape index (κ3) is 1.52. The van der Waals surface area contributed by atoms with Crippen LogP contribution in [0.15, 0.2) is 18.2 Å². The molecular formula is C10H11ClO2. The van der Waals surface area contributed by atoms with Crippen molar-refractivity contribution in [1.82, 2.24) is 0 Å². The van der Waals surface area contributed by atoms with Gasteiger partial charge in [-0.25, -0.2) is 0 Å². The number of halogens is 1. The standard InChI is InChI=1S/C10H11ClO2/c1-13-7-2-3-8(9(11)6-7)10(12)4-5-10/h2-3,6,12H,4-5H2,1H3. The summed E-state index contributed by atoms with van der Waals surface area (Å²) in [7, 11) is 1.59. The molecule has 0 aromatic heterocycles. The Morgan fingerprint density at radius 3 is 2.62 bits per heavy atom. The average Bonchev–Trinajstić information content (AvgIpc) is 2.84. The van der Waals surface area contributed by atoms with E-state index >= 15 is 0 Å². The van der Waals surface area contributed by atoms with Gasteiger partial charge in [0.25, 0.3) is 0 Å². The van der Waals surface area contributed by atoms with Crippen molar-refractivity contribution in [2.75, 3.05) is 7.11 Å². The fourth-order valence-electron chi connectivity index (χ4n) is 1.39. The number of methoxy groups -OCH3 is 1. The van der Waals surface area contributed by atoms with Gasteiger partial charge in [-0.05, 0) is 25.0 Å². The van der Waals surface area contributed by atoms with Crippen LogP contribution in [0.4, 0.5) is 0 Å². The largest absolute Gasteiger partial charge is 0.497 e. The van der Waals surface area contributed by atoms with Crippen LogP contribution in [0.25, 0.3) is 0 Å². The molecule has 0 spiro atoms. The van der Waals surface area contributed by atoms with Crippen LogP contribution in [0.2, 0.25) is 5.02 Å². The van der Waals surface area contributed by atoms with Crippen molar-refractivity contribution in [3.05, 3.63) is 28.8 Å². The Hall–Kier alpha value is -0.730. The highest BCUT2D eigenvalue weighted by atomic mass is 35.5. The van der Waals surface area contributed by atoms with E-state index < -0.39 is 5.60 Å². The third-order valence-corrected chi connectivity index (χ3v) is 2.71. The van der Waals surface area contributed by atoms with Gasteiger partial charge in [0.1, 0.15) is 5.75 Å². The molecule has 0 atom stereocenters. The first-order chi connectivity index (χ1) is 6.15. The molecule has 70 valence electrons. The summed E-state index contributed by atoms with van der Waals surface area (Å²) in [6.07, 6.45) is 1.61. The maximum Gasteiger partial charge on any atom is 0.120 e. The maximum atomic E-state index is 9.82. The molecule has 2 rings (SSSR count). The summed E-state index contributed by atoms with van der Waals surface area (Å²) in [5.74, 6) is 0.720. The SMILES string of the molecule is COc1ccc(C2(O)CC2)c(Cl)c1. The molecule has 1 aromatic carbocycles. The highest BCUT2D eigenvalue weighted by Crippen LogP contribution is 2.48. The Balaban J connectivity index is 2.38. The van der Waals surface area contributed by atoms with Gasteiger partial charge in [0.2, 0.25) is 0 Å². The first-order valence-electron chi connectivity index (χ1n) is 4.22. The quantitative estimate of drug-likeness (QED) is 0.791. The normalized spacial score (nSPS) is 18.4. The number of benzene rings is 1. The smallest absolute Gasteiger partial charge is 0.120 e. The van der Waals surface area contributed by atoms with Crippen LogP contribution in [0, 0.1) is 0 Å². The highest BCUT2D eigenvalue weighted by molar-refractivity contribution is 6.31. The van der Waals surface area contributed by atoms with E-state index in [0.29, 0.717) is 5.02 Å². The minimum atomic E-state index is -0.663. The van der Waals surface area contributed by atoms with Gasteiger partial charge in [0.15, 0.2) is 0 Å². The fourth-order valence-corrected chi connectivity index (χ4v) is 1.73. The average molecular weight is 199 g/mol. The predicted molar refractivity (Wildman–Crippen MR) is 51.1 cm³/mol. The van der Waals surface area contributed by atoms with Crippen LogP contribution in [-0.2, 0) is 5.60 Å². The zero-order chi connectivity index (χ0) is 9.47. The van der Waals surface area contributed by atoms with Gasteiger partial charge in [-0.1, -0.05) is 17.7 Å². The van der Waals surface area contributed by atoms with Crippen molar-refractivity contribution >= 4 is 11.6 Å². The third-order valence-electron chi connectivity index (χ3n) is 2.40. The second-order valence-electron chi connectivity index (χ2n) is 3.38. The second-order valence-corrected chi connectivity index (χ2v) is 3.78. The molecule has 1 aliphatic rings. The summed E-state index contributed by atoms with van der Waals surface area (Å²) in [5, 5.41) is 10.4. The molecule has 2 nitrogen and oxygen atoms in total. The summed E-state index contributed by atoms with van der Waals surface area (Å²) in [6, 6.07) is 5.37. The molecule has 0 bridgehead atoms. The maximum absolute atomic E-state index is 9.82. The molecule has 3 heteroatoms. The molecule has 0 unspecified atom stereocenters. The van der Waals surface area contributed by atoms with Crippen molar-refractivity contribution < 1.29 is 9.84 Å². The molecule has 0 amide bonds. The monoisotopic (exact) mass is 198 g/mol. The lowest BCUT2D eigenvalue weighted by Gasteiger charge is -2.11. The molecule has 0 aliphatic heterocycles. The van der Waals surface area contributed by atoms with E-state index in [9.17, 15) is 5.11 Å². The molecule has 13 heavy (non-hydrogen) atoms. The van der Waals surface area contributed by atoms with E-state index in [4.69, 9.17) is 16.3 Å². The van der Waals surface area contributed by atoms with E-state index in [1.807, 2.05) is 12.1 Å².